The van der Waals surface area contributed by atoms with E-state index in [9.17, 15) is 14.9 Å². The van der Waals surface area contributed by atoms with E-state index in [2.05, 4.69) is 20.9 Å². The van der Waals surface area contributed by atoms with Crippen LogP contribution in [0.25, 0.3) is 0 Å². The Hall–Kier alpha value is -1.99. The van der Waals surface area contributed by atoms with Crippen molar-refractivity contribution in [1.29, 1.82) is 0 Å². The summed E-state index contributed by atoms with van der Waals surface area (Å²) in [5.74, 6) is -0.604. The summed E-state index contributed by atoms with van der Waals surface area (Å²) < 4.78 is 5.43. The maximum absolute atomic E-state index is 12.0. The van der Waals surface area contributed by atoms with Gasteiger partial charge in [-0.05, 0) is 34.1 Å². The SMILES string of the molecule is O=C(Oc1cccnc1Br)c1cc([N+](=O)[O-])ccc1Cl. The zero-order valence-electron chi connectivity index (χ0n) is 9.75. The lowest BCUT2D eigenvalue weighted by molar-refractivity contribution is -0.384. The standard InChI is InChI=1S/C12H6BrClN2O4/c13-11-10(2-1-5-15-11)20-12(17)8-6-7(16(18)19)3-4-9(8)14/h1-6H. The number of hydrogen-bond acceptors (Lipinski definition) is 5. The molecule has 0 N–H and O–H groups in total. The third kappa shape index (κ3) is 3.12. The van der Waals surface area contributed by atoms with Crippen LogP contribution >= 0.6 is 27.5 Å². The van der Waals surface area contributed by atoms with E-state index in [1.807, 2.05) is 0 Å². The van der Waals surface area contributed by atoms with Crippen LogP contribution in [0.2, 0.25) is 5.02 Å². The van der Waals surface area contributed by atoms with Crippen LogP contribution in [0.15, 0.2) is 41.1 Å². The van der Waals surface area contributed by atoms with Crippen LogP contribution in [0, 0.1) is 10.1 Å². The average Bonchev–Trinajstić information content (AvgIpc) is 2.41. The lowest BCUT2D eigenvalue weighted by Crippen LogP contribution is -2.10. The molecule has 1 aromatic heterocycles. The van der Waals surface area contributed by atoms with Crippen LogP contribution in [0.3, 0.4) is 0 Å². The van der Waals surface area contributed by atoms with Gasteiger partial charge in [-0.25, -0.2) is 9.78 Å². The molecular formula is C12H6BrClN2O4. The monoisotopic (exact) mass is 356 g/mol. The highest BCUT2D eigenvalue weighted by atomic mass is 79.9. The molecule has 6 nitrogen and oxygen atoms in total. The van der Waals surface area contributed by atoms with E-state index in [0.29, 0.717) is 4.60 Å². The van der Waals surface area contributed by atoms with Crippen molar-refractivity contribution >= 4 is 39.2 Å². The molecule has 2 rings (SSSR count). The quantitative estimate of drug-likeness (QED) is 0.362. The number of carbonyl (C=O) groups excluding carboxylic acids is 1. The van der Waals surface area contributed by atoms with Crippen LogP contribution in [0.5, 0.6) is 5.75 Å². The number of halogens is 2. The molecule has 0 amide bonds. The lowest BCUT2D eigenvalue weighted by Gasteiger charge is -2.06. The molecule has 0 aliphatic heterocycles. The Morgan fingerprint density at radius 2 is 2.15 bits per heavy atom. The molecule has 20 heavy (non-hydrogen) atoms. The molecular weight excluding hydrogens is 351 g/mol. The second kappa shape index (κ2) is 5.98. The van der Waals surface area contributed by atoms with Gasteiger partial charge in [-0.3, -0.25) is 10.1 Å². The highest BCUT2D eigenvalue weighted by Crippen LogP contribution is 2.26. The molecule has 0 bridgehead atoms. The first-order chi connectivity index (χ1) is 9.49. The van der Waals surface area contributed by atoms with Gasteiger partial charge in [-0.2, -0.15) is 0 Å². The van der Waals surface area contributed by atoms with Crippen molar-refractivity contribution in [3.63, 3.8) is 0 Å². The van der Waals surface area contributed by atoms with E-state index >= 15 is 0 Å². The summed E-state index contributed by atoms with van der Waals surface area (Å²) in [6, 6.07) is 6.66. The van der Waals surface area contributed by atoms with Gasteiger partial charge >= 0.3 is 5.97 Å². The number of esters is 1. The molecule has 0 atom stereocenters. The number of hydrogen-bond donors (Lipinski definition) is 0. The minimum Gasteiger partial charge on any atom is -0.420 e. The van der Waals surface area contributed by atoms with Crippen molar-refractivity contribution in [2.75, 3.05) is 0 Å². The van der Waals surface area contributed by atoms with E-state index in [0.717, 1.165) is 6.07 Å². The third-order valence-corrected chi connectivity index (χ3v) is 3.23. The van der Waals surface area contributed by atoms with Crippen LogP contribution in [0.4, 0.5) is 5.69 Å². The van der Waals surface area contributed by atoms with Gasteiger partial charge in [0, 0.05) is 18.3 Å². The lowest BCUT2D eigenvalue weighted by atomic mass is 10.2. The van der Waals surface area contributed by atoms with E-state index in [1.165, 1.54) is 24.4 Å². The molecule has 0 radical (unpaired) electrons. The molecule has 0 aliphatic rings. The van der Waals surface area contributed by atoms with Crippen molar-refractivity contribution in [2.45, 2.75) is 0 Å². The summed E-state index contributed by atoms with van der Waals surface area (Å²) >= 11 is 8.97. The number of aromatic nitrogens is 1. The van der Waals surface area contributed by atoms with Crippen LogP contribution < -0.4 is 4.74 Å². The molecule has 1 aromatic carbocycles. The Kier molecular flexibility index (Phi) is 4.31. The van der Waals surface area contributed by atoms with E-state index in [4.69, 9.17) is 16.3 Å². The van der Waals surface area contributed by atoms with Gasteiger partial charge in [-0.15, -0.1) is 0 Å². The highest BCUT2D eigenvalue weighted by molar-refractivity contribution is 9.10. The maximum Gasteiger partial charge on any atom is 0.345 e. The summed E-state index contributed by atoms with van der Waals surface area (Å²) in [5, 5.41) is 10.8. The highest BCUT2D eigenvalue weighted by Gasteiger charge is 2.18. The zero-order chi connectivity index (χ0) is 14.7. The van der Waals surface area contributed by atoms with E-state index in [-0.39, 0.29) is 22.0 Å². The Morgan fingerprint density at radius 3 is 2.80 bits per heavy atom. The molecule has 1 heterocycles. The van der Waals surface area contributed by atoms with Gasteiger partial charge in [0.25, 0.3) is 5.69 Å². The fraction of sp³-hybridized carbons (Fsp3) is 0. The summed E-state index contributed by atoms with van der Waals surface area (Å²) in [6.07, 6.45) is 1.52. The van der Waals surface area contributed by atoms with E-state index < -0.39 is 10.9 Å². The van der Waals surface area contributed by atoms with E-state index in [1.54, 1.807) is 6.07 Å². The summed E-state index contributed by atoms with van der Waals surface area (Å²) in [7, 11) is 0. The zero-order valence-corrected chi connectivity index (χ0v) is 12.1. The van der Waals surface area contributed by atoms with Crippen molar-refractivity contribution in [3.8, 4) is 5.75 Å². The van der Waals surface area contributed by atoms with Gasteiger partial charge in [0.1, 0.15) is 4.60 Å². The number of carbonyl (C=O) groups is 1. The van der Waals surface area contributed by atoms with Gasteiger partial charge < -0.3 is 4.74 Å². The number of ether oxygens (including phenoxy) is 1. The Labute approximate surface area is 126 Å². The molecule has 102 valence electrons. The predicted octanol–water partition coefficient (Wildman–Crippen LogP) is 3.62. The molecule has 0 saturated heterocycles. The first kappa shape index (κ1) is 14.4. The summed E-state index contributed by atoms with van der Waals surface area (Å²) in [4.78, 5) is 26.0. The Morgan fingerprint density at radius 1 is 1.40 bits per heavy atom. The molecule has 0 saturated carbocycles. The first-order valence-electron chi connectivity index (χ1n) is 5.25. The third-order valence-electron chi connectivity index (χ3n) is 2.31. The first-order valence-corrected chi connectivity index (χ1v) is 6.43. The fourth-order valence-electron chi connectivity index (χ4n) is 1.39. The van der Waals surface area contributed by atoms with Gasteiger partial charge in [-0.1, -0.05) is 11.6 Å². The summed E-state index contributed by atoms with van der Waals surface area (Å²) in [5.41, 5.74) is -0.330. The number of non-ortho nitro benzene ring substituents is 1. The molecule has 0 spiro atoms. The van der Waals surface area contributed by atoms with Crippen molar-refractivity contribution in [1.82, 2.24) is 4.98 Å². The number of benzene rings is 1. The Bertz CT molecular complexity index is 693. The number of pyridine rings is 1. The largest absolute Gasteiger partial charge is 0.420 e. The van der Waals surface area contributed by atoms with Crippen molar-refractivity contribution in [3.05, 3.63) is 61.8 Å². The number of nitrogens with zero attached hydrogens (tertiary/aromatic N) is 2. The minimum atomic E-state index is -0.799. The summed E-state index contributed by atoms with van der Waals surface area (Å²) in [6.45, 7) is 0. The molecule has 0 fully saturated rings. The second-order valence-electron chi connectivity index (χ2n) is 3.60. The fourth-order valence-corrected chi connectivity index (χ4v) is 1.91. The predicted molar refractivity (Wildman–Crippen MR) is 75.0 cm³/mol. The van der Waals surface area contributed by atoms with Gasteiger partial charge in [0.2, 0.25) is 0 Å². The van der Waals surface area contributed by atoms with Crippen LogP contribution in [0.1, 0.15) is 10.4 Å². The van der Waals surface area contributed by atoms with Gasteiger partial charge in [0.15, 0.2) is 5.75 Å². The van der Waals surface area contributed by atoms with Crippen LogP contribution in [-0.2, 0) is 0 Å². The average molecular weight is 358 g/mol. The topological polar surface area (TPSA) is 82.3 Å². The number of nitro benzene ring substituents is 1. The maximum atomic E-state index is 12.0. The number of nitro groups is 1. The smallest absolute Gasteiger partial charge is 0.345 e. The normalized spacial score (nSPS) is 10.1. The van der Waals surface area contributed by atoms with Crippen LogP contribution in [-0.4, -0.2) is 15.9 Å². The number of rotatable bonds is 3. The molecule has 2 aromatic rings. The second-order valence-corrected chi connectivity index (χ2v) is 4.76. The molecule has 8 heteroatoms. The Balaban J connectivity index is 2.32. The molecule has 0 unspecified atom stereocenters. The van der Waals surface area contributed by atoms with Crippen molar-refractivity contribution in [2.24, 2.45) is 0 Å². The van der Waals surface area contributed by atoms with Crippen molar-refractivity contribution < 1.29 is 14.5 Å². The molecule has 0 aliphatic carbocycles. The van der Waals surface area contributed by atoms with Gasteiger partial charge in [0.05, 0.1) is 15.5 Å². The minimum absolute atomic E-state index is 0.0700.